The first kappa shape index (κ1) is 15.3. The third-order valence-corrected chi connectivity index (χ3v) is 4.00. The molecule has 2 rings (SSSR count). The van der Waals surface area contributed by atoms with Crippen LogP contribution < -0.4 is 10.2 Å². The van der Waals surface area contributed by atoms with Gasteiger partial charge in [0.15, 0.2) is 0 Å². The van der Waals surface area contributed by atoms with Crippen molar-refractivity contribution in [2.24, 2.45) is 0 Å². The minimum Gasteiger partial charge on any atom is -0.369 e. The first-order valence-electron chi connectivity index (χ1n) is 7.58. The Labute approximate surface area is 121 Å². The van der Waals surface area contributed by atoms with Crippen LogP contribution in [0.1, 0.15) is 31.9 Å². The molecule has 0 saturated carbocycles. The molecule has 0 aliphatic carbocycles. The van der Waals surface area contributed by atoms with Crippen molar-refractivity contribution < 1.29 is 4.39 Å². The molecule has 4 heteroatoms. The molecule has 1 atom stereocenters. The Bertz CT molecular complexity index is 428. The van der Waals surface area contributed by atoms with Gasteiger partial charge in [-0.2, -0.15) is 0 Å². The van der Waals surface area contributed by atoms with Crippen LogP contribution in [-0.4, -0.2) is 44.7 Å². The summed E-state index contributed by atoms with van der Waals surface area (Å²) in [6.07, 6.45) is 1.09. The van der Waals surface area contributed by atoms with E-state index in [1.807, 2.05) is 6.07 Å². The van der Waals surface area contributed by atoms with Crippen LogP contribution in [0.3, 0.4) is 0 Å². The maximum absolute atomic E-state index is 13.6. The normalized spacial score (nSPS) is 18.3. The molecule has 0 amide bonds. The molecule has 0 spiro atoms. The second-order valence-corrected chi connectivity index (χ2v) is 5.67. The molecule has 1 fully saturated rings. The van der Waals surface area contributed by atoms with E-state index in [1.54, 1.807) is 12.1 Å². The summed E-state index contributed by atoms with van der Waals surface area (Å²) in [5.41, 5.74) is 2.25. The second-order valence-electron chi connectivity index (χ2n) is 5.67. The van der Waals surface area contributed by atoms with E-state index in [2.05, 4.69) is 36.0 Å². The lowest BCUT2D eigenvalue weighted by Gasteiger charge is -2.36. The van der Waals surface area contributed by atoms with E-state index in [0.29, 0.717) is 0 Å². The van der Waals surface area contributed by atoms with Gasteiger partial charge in [-0.05, 0) is 50.7 Å². The largest absolute Gasteiger partial charge is 0.369 e. The molecule has 0 radical (unpaired) electrons. The molecule has 1 saturated heterocycles. The molecule has 1 heterocycles. The summed E-state index contributed by atoms with van der Waals surface area (Å²) in [7, 11) is 2.15. The van der Waals surface area contributed by atoms with Crippen LogP contribution in [0.4, 0.5) is 10.1 Å². The summed E-state index contributed by atoms with van der Waals surface area (Å²) in [4.78, 5) is 4.71. The number of likely N-dealkylation sites (N-methyl/N-ethyl adjacent to an activating group) is 1. The Kier molecular flexibility index (Phi) is 5.38. The zero-order valence-electron chi connectivity index (χ0n) is 12.8. The van der Waals surface area contributed by atoms with E-state index in [1.165, 1.54) is 5.69 Å². The van der Waals surface area contributed by atoms with Gasteiger partial charge in [-0.25, -0.2) is 4.39 Å². The fourth-order valence-electron chi connectivity index (χ4n) is 2.68. The molecule has 1 aromatic carbocycles. The van der Waals surface area contributed by atoms with Gasteiger partial charge in [0.25, 0.3) is 0 Å². The zero-order chi connectivity index (χ0) is 14.5. The van der Waals surface area contributed by atoms with Crippen LogP contribution in [-0.2, 0) is 0 Å². The molecular formula is C16H26FN3. The van der Waals surface area contributed by atoms with Crippen molar-refractivity contribution in [2.45, 2.75) is 26.3 Å². The lowest BCUT2D eigenvalue weighted by atomic mass is 10.0. The number of rotatable bonds is 5. The number of anilines is 1. The van der Waals surface area contributed by atoms with Crippen molar-refractivity contribution >= 4 is 5.69 Å². The summed E-state index contributed by atoms with van der Waals surface area (Å²) in [5, 5.41) is 3.46. The number of nitrogens with zero attached hydrogens (tertiary/aromatic N) is 2. The van der Waals surface area contributed by atoms with E-state index in [9.17, 15) is 4.39 Å². The van der Waals surface area contributed by atoms with Gasteiger partial charge in [0, 0.05) is 37.9 Å². The third-order valence-electron chi connectivity index (χ3n) is 4.00. The minimum absolute atomic E-state index is 0.150. The Hall–Kier alpha value is -1.13. The summed E-state index contributed by atoms with van der Waals surface area (Å²) >= 11 is 0. The van der Waals surface area contributed by atoms with Crippen LogP contribution in [0.5, 0.6) is 0 Å². The monoisotopic (exact) mass is 279 g/mol. The van der Waals surface area contributed by atoms with Gasteiger partial charge in [0.2, 0.25) is 0 Å². The minimum atomic E-state index is -0.150. The molecule has 1 aliphatic rings. The van der Waals surface area contributed by atoms with Gasteiger partial charge in [0.05, 0.1) is 0 Å². The molecule has 20 heavy (non-hydrogen) atoms. The van der Waals surface area contributed by atoms with Gasteiger partial charge in [-0.15, -0.1) is 0 Å². The summed E-state index contributed by atoms with van der Waals surface area (Å²) in [6.45, 7) is 9.36. The average molecular weight is 279 g/mol. The highest BCUT2D eigenvalue weighted by molar-refractivity contribution is 5.55. The molecular weight excluding hydrogens is 253 g/mol. The van der Waals surface area contributed by atoms with E-state index in [4.69, 9.17) is 0 Å². The van der Waals surface area contributed by atoms with Gasteiger partial charge in [-0.3, -0.25) is 0 Å². The highest BCUT2D eigenvalue weighted by atomic mass is 19.1. The zero-order valence-corrected chi connectivity index (χ0v) is 12.8. The van der Waals surface area contributed by atoms with Crippen LogP contribution in [0.15, 0.2) is 18.2 Å². The molecule has 1 aromatic rings. The predicted octanol–water partition coefficient (Wildman–Crippen LogP) is 2.64. The van der Waals surface area contributed by atoms with Gasteiger partial charge in [0.1, 0.15) is 5.82 Å². The summed E-state index contributed by atoms with van der Waals surface area (Å²) in [5.74, 6) is -0.150. The number of nitrogens with one attached hydrogen (secondary N) is 1. The quantitative estimate of drug-likeness (QED) is 0.894. The van der Waals surface area contributed by atoms with E-state index < -0.39 is 0 Å². The number of benzene rings is 1. The number of halogens is 1. The number of hydrogen-bond donors (Lipinski definition) is 1. The van der Waals surface area contributed by atoms with Crippen LogP contribution in [0.2, 0.25) is 0 Å². The van der Waals surface area contributed by atoms with Crippen LogP contribution >= 0.6 is 0 Å². The van der Waals surface area contributed by atoms with E-state index in [-0.39, 0.29) is 11.9 Å². The van der Waals surface area contributed by atoms with Crippen LogP contribution in [0, 0.1) is 5.82 Å². The SMILES string of the molecule is CCCNC(C)c1cc(F)ccc1N1CCN(C)CC1. The van der Waals surface area contributed by atoms with Crippen molar-refractivity contribution in [2.75, 3.05) is 44.7 Å². The fraction of sp³-hybridized carbons (Fsp3) is 0.625. The van der Waals surface area contributed by atoms with Gasteiger partial charge >= 0.3 is 0 Å². The third kappa shape index (κ3) is 3.70. The summed E-state index contributed by atoms with van der Waals surface area (Å²) < 4.78 is 13.6. The molecule has 0 aromatic heterocycles. The summed E-state index contributed by atoms with van der Waals surface area (Å²) in [6, 6.07) is 5.37. The smallest absolute Gasteiger partial charge is 0.123 e. The fourth-order valence-corrected chi connectivity index (χ4v) is 2.68. The topological polar surface area (TPSA) is 18.5 Å². The van der Waals surface area contributed by atoms with Crippen molar-refractivity contribution in [3.05, 3.63) is 29.6 Å². The Morgan fingerprint density at radius 1 is 1.25 bits per heavy atom. The van der Waals surface area contributed by atoms with Crippen molar-refractivity contribution in [1.82, 2.24) is 10.2 Å². The van der Waals surface area contributed by atoms with Crippen molar-refractivity contribution in [3.8, 4) is 0 Å². The van der Waals surface area contributed by atoms with Crippen molar-refractivity contribution in [1.29, 1.82) is 0 Å². The second kappa shape index (κ2) is 7.04. The van der Waals surface area contributed by atoms with Gasteiger partial charge < -0.3 is 15.1 Å². The molecule has 3 nitrogen and oxygen atoms in total. The van der Waals surface area contributed by atoms with Crippen LogP contribution in [0.25, 0.3) is 0 Å². The first-order valence-corrected chi connectivity index (χ1v) is 7.58. The van der Waals surface area contributed by atoms with Crippen molar-refractivity contribution in [3.63, 3.8) is 0 Å². The Morgan fingerprint density at radius 2 is 1.95 bits per heavy atom. The number of hydrogen-bond acceptors (Lipinski definition) is 3. The Balaban J connectivity index is 2.19. The number of piperazine rings is 1. The average Bonchev–Trinajstić information content (AvgIpc) is 2.46. The maximum atomic E-state index is 13.6. The highest BCUT2D eigenvalue weighted by Crippen LogP contribution is 2.28. The van der Waals surface area contributed by atoms with E-state index >= 15 is 0 Å². The first-order chi connectivity index (χ1) is 9.61. The molecule has 0 bridgehead atoms. The maximum Gasteiger partial charge on any atom is 0.123 e. The predicted molar refractivity (Wildman–Crippen MR) is 82.8 cm³/mol. The van der Waals surface area contributed by atoms with Gasteiger partial charge in [-0.1, -0.05) is 6.92 Å². The molecule has 112 valence electrons. The molecule has 1 unspecified atom stereocenters. The lowest BCUT2D eigenvalue weighted by Crippen LogP contribution is -2.45. The molecule has 1 N–H and O–H groups in total. The Morgan fingerprint density at radius 3 is 2.60 bits per heavy atom. The standard InChI is InChI=1S/C16H26FN3/c1-4-7-18-13(2)15-12-14(17)5-6-16(15)20-10-8-19(3)9-11-20/h5-6,12-13,18H,4,7-11H2,1-3H3. The molecule has 1 aliphatic heterocycles. The highest BCUT2D eigenvalue weighted by Gasteiger charge is 2.19. The lowest BCUT2D eigenvalue weighted by molar-refractivity contribution is 0.312. The van der Waals surface area contributed by atoms with E-state index in [0.717, 1.165) is 44.7 Å².